The summed E-state index contributed by atoms with van der Waals surface area (Å²) in [5.41, 5.74) is 2.89. The molecule has 0 aliphatic carbocycles. The molecule has 1 unspecified atom stereocenters. The lowest BCUT2D eigenvalue weighted by molar-refractivity contribution is -0.135. The summed E-state index contributed by atoms with van der Waals surface area (Å²) in [5, 5.41) is 2.37. The molecule has 1 atom stereocenters. The first kappa shape index (κ1) is 12.1. The zero-order valence-corrected chi connectivity index (χ0v) is 11.2. The topological polar surface area (TPSA) is 66.9 Å². The third-order valence-corrected chi connectivity index (χ3v) is 3.76. The van der Waals surface area contributed by atoms with Gasteiger partial charge in [0.2, 0.25) is 11.8 Å². The molecular weight excluding hydrogens is 262 g/mol. The van der Waals surface area contributed by atoms with Gasteiger partial charge in [0.15, 0.2) is 4.77 Å². The fourth-order valence-electron chi connectivity index (χ4n) is 2.58. The standard InChI is InChI=1S/C13H13N3O2S/c1-7-3-2-4-8-11(7)16(13(19)14-8)9-5-6-10(17)15-12(9)18/h2-4,9H,5-6H2,1H3,(H,14,19)(H,15,17,18). The van der Waals surface area contributed by atoms with Gasteiger partial charge in [-0.2, -0.15) is 0 Å². The summed E-state index contributed by atoms with van der Waals surface area (Å²) < 4.78 is 2.33. The molecule has 1 saturated heterocycles. The summed E-state index contributed by atoms with van der Waals surface area (Å²) in [7, 11) is 0. The summed E-state index contributed by atoms with van der Waals surface area (Å²) in [6.45, 7) is 1.98. The number of fused-ring (bicyclic) bond motifs is 1. The summed E-state index contributed by atoms with van der Waals surface area (Å²) in [6, 6.07) is 5.44. The molecule has 5 nitrogen and oxygen atoms in total. The van der Waals surface area contributed by atoms with Gasteiger partial charge in [0.1, 0.15) is 6.04 Å². The van der Waals surface area contributed by atoms with Crippen LogP contribution in [0.2, 0.25) is 0 Å². The van der Waals surface area contributed by atoms with Crippen LogP contribution < -0.4 is 5.32 Å². The number of aryl methyl sites for hydroxylation is 1. The van der Waals surface area contributed by atoms with E-state index >= 15 is 0 Å². The van der Waals surface area contributed by atoms with E-state index in [1.165, 1.54) is 0 Å². The van der Waals surface area contributed by atoms with Crippen LogP contribution in [0, 0.1) is 11.7 Å². The minimum atomic E-state index is -0.417. The van der Waals surface area contributed by atoms with E-state index in [-0.39, 0.29) is 11.8 Å². The predicted molar refractivity (Wildman–Crippen MR) is 73.3 cm³/mol. The Morgan fingerprint density at radius 3 is 2.89 bits per heavy atom. The van der Waals surface area contributed by atoms with Crippen LogP contribution >= 0.6 is 12.2 Å². The van der Waals surface area contributed by atoms with Crippen molar-refractivity contribution in [3.05, 3.63) is 28.5 Å². The zero-order valence-electron chi connectivity index (χ0n) is 10.4. The Balaban J connectivity index is 2.20. The quantitative estimate of drug-likeness (QED) is 0.618. The Morgan fingerprint density at radius 1 is 1.37 bits per heavy atom. The number of rotatable bonds is 1. The van der Waals surface area contributed by atoms with Crippen molar-refractivity contribution in [2.75, 3.05) is 0 Å². The largest absolute Gasteiger partial charge is 0.331 e. The first-order valence-electron chi connectivity index (χ1n) is 6.11. The zero-order chi connectivity index (χ0) is 13.6. The van der Waals surface area contributed by atoms with E-state index in [1.807, 2.05) is 29.7 Å². The van der Waals surface area contributed by atoms with Crippen LogP contribution in [0.15, 0.2) is 18.2 Å². The van der Waals surface area contributed by atoms with Crippen molar-refractivity contribution in [2.24, 2.45) is 0 Å². The number of nitrogens with one attached hydrogen (secondary N) is 2. The van der Waals surface area contributed by atoms with Crippen molar-refractivity contribution in [2.45, 2.75) is 25.8 Å². The van der Waals surface area contributed by atoms with Crippen molar-refractivity contribution < 1.29 is 9.59 Å². The number of aromatic nitrogens is 2. The number of carbonyl (C=O) groups excluding carboxylic acids is 2. The Morgan fingerprint density at radius 2 is 2.16 bits per heavy atom. The van der Waals surface area contributed by atoms with Crippen molar-refractivity contribution in [1.29, 1.82) is 0 Å². The maximum Gasteiger partial charge on any atom is 0.249 e. The van der Waals surface area contributed by atoms with E-state index in [4.69, 9.17) is 12.2 Å². The molecule has 2 amide bonds. The minimum Gasteiger partial charge on any atom is -0.331 e. The number of aromatic amines is 1. The maximum absolute atomic E-state index is 12.0. The van der Waals surface area contributed by atoms with Gasteiger partial charge in [-0.15, -0.1) is 0 Å². The van der Waals surface area contributed by atoms with Crippen LogP contribution in [0.3, 0.4) is 0 Å². The number of para-hydroxylation sites is 1. The molecule has 1 aliphatic heterocycles. The van der Waals surface area contributed by atoms with E-state index in [2.05, 4.69) is 10.3 Å². The van der Waals surface area contributed by atoms with Crippen molar-refractivity contribution in [1.82, 2.24) is 14.9 Å². The van der Waals surface area contributed by atoms with Gasteiger partial charge in [-0.3, -0.25) is 14.9 Å². The van der Waals surface area contributed by atoms with Crippen LogP contribution in [-0.4, -0.2) is 21.4 Å². The highest BCUT2D eigenvalue weighted by molar-refractivity contribution is 7.71. The Kier molecular flexibility index (Phi) is 2.74. The molecule has 1 aliphatic rings. The van der Waals surface area contributed by atoms with E-state index in [0.29, 0.717) is 17.6 Å². The van der Waals surface area contributed by atoms with Gasteiger partial charge in [-0.25, -0.2) is 0 Å². The number of hydrogen-bond donors (Lipinski definition) is 2. The normalized spacial score (nSPS) is 19.7. The number of imidazole rings is 1. The van der Waals surface area contributed by atoms with Gasteiger partial charge in [-0.05, 0) is 37.2 Å². The van der Waals surface area contributed by atoms with Crippen LogP contribution in [0.4, 0.5) is 0 Å². The molecular formula is C13H13N3O2S. The third-order valence-electron chi connectivity index (χ3n) is 3.46. The number of hydrogen-bond acceptors (Lipinski definition) is 3. The highest BCUT2D eigenvalue weighted by Crippen LogP contribution is 2.26. The third kappa shape index (κ3) is 1.88. The predicted octanol–water partition coefficient (Wildman–Crippen LogP) is 1.99. The molecule has 1 fully saturated rings. The van der Waals surface area contributed by atoms with Crippen molar-refractivity contribution >= 4 is 35.1 Å². The number of benzene rings is 1. The molecule has 3 rings (SSSR count). The second kappa shape index (κ2) is 4.31. The van der Waals surface area contributed by atoms with Crippen LogP contribution in [-0.2, 0) is 9.59 Å². The van der Waals surface area contributed by atoms with E-state index in [9.17, 15) is 9.59 Å². The first-order valence-corrected chi connectivity index (χ1v) is 6.52. The van der Waals surface area contributed by atoms with Gasteiger partial charge in [0.05, 0.1) is 11.0 Å². The maximum atomic E-state index is 12.0. The summed E-state index contributed by atoms with van der Waals surface area (Å²) in [5.74, 6) is -0.499. The minimum absolute atomic E-state index is 0.218. The number of nitrogens with zero attached hydrogens (tertiary/aromatic N) is 1. The second-order valence-electron chi connectivity index (χ2n) is 4.74. The molecule has 0 saturated carbocycles. The molecule has 0 bridgehead atoms. The molecule has 0 spiro atoms. The molecule has 2 heterocycles. The molecule has 98 valence electrons. The molecule has 2 N–H and O–H groups in total. The van der Waals surface area contributed by atoms with Crippen LogP contribution in [0.1, 0.15) is 24.4 Å². The van der Waals surface area contributed by atoms with Gasteiger partial charge >= 0.3 is 0 Å². The SMILES string of the molecule is Cc1cccc2[nH]c(=S)n(C3CCC(=O)NC3=O)c12. The summed E-state index contributed by atoms with van der Waals surface area (Å²) in [4.78, 5) is 26.3. The highest BCUT2D eigenvalue weighted by atomic mass is 32.1. The van der Waals surface area contributed by atoms with E-state index < -0.39 is 6.04 Å². The smallest absolute Gasteiger partial charge is 0.249 e. The first-order chi connectivity index (χ1) is 9.08. The lowest BCUT2D eigenvalue weighted by atomic mass is 10.1. The number of amides is 2. The Bertz CT molecular complexity index is 744. The van der Waals surface area contributed by atoms with Crippen LogP contribution in [0.5, 0.6) is 0 Å². The van der Waals surface area contributed by atoms with Crippen molar-refractivity contribution in [3.63, 3.8) is 0 Å². The van der Waals surface area contributed by atoms with Crippen molar-refractivity contribution in [3.8, 4) is 0 Å². The molecule has 1 aromatic carbocycles. The van der Waals surface area contributed by atoms with Gasteiger partial charge < -0.3 is 9.55 Å². The number of H-pyrrole nitrogens is 1. The molecule has 1 aromatic heterocycles. The van der Waals surface area contributed by atoms with Gasteiger partial charge in [0.25, 0.3) is 0 Å². The summed E-state index contributed by atoms with van der Waals surface area (Å²) in [6.07, 6.45) is 0.830. The second-order valence-corrected chi connectivity index (χ2v) is 5.12. The monoisotopic (exact) mass is 275 g/mol. The fraction of sp³-hybridized carbons (Fsp3) is 0.308. The summed E-state index contributed by atoms with van der Waals surface area (Å²) >= 11 is 5.32. The van der Waals surface area contributed by atoms with E-state index in [0.717, 1.165) is 16.6 Å². The number of piperidine rings is 1. The average molecular weight is 275 g/mol. The highest BCUT2D eigenvalue weighted by Gasteiger charge is 2.29. The molecule has 0 radical (unpaired) electrons. The fourth-order valence-corrected chi connectivity index (χ4v) is 2.91. The van der Waals surface area contributed by atoms with E-state index in [1.54, 1.807) is 0 Å². The van der Waals surface area contributed by atoms with Crippen LogP contribution in [0.25, 0.3) is 11.0 Å². The molecule has 6 heteroatoms. The van der Waals surface area contributed by atoms with Gasteiger partial charge in [-0.1, -0.05) is 12.1 Å². The Hall–Kier alpha value is -1.95. The number of imide groups is 1. The lowest BCUT2D eigenvalue weighted by Gasteiger charge is -2.23. The molecule has 19 heavy (non-hydrogen) atoms. The number of carbonyl (C=O) groups is 2. The Labute approximate surface area is 114 Å². The molecule has 2 aromatic rings. The lowest BCUT2D eigenvalue weighted by Crippen LogP contribution is -2.41. The average Bonchev–Trinajstić information content (AvgIpc) is 2.67. The van der Waals surface area contributed by atoms with Gasteiger partial charge in [0, 0.05) is 6.42 Å².